The number of hydrogen-bond donors (Lipinski definition) is 0. The summed E-state index contributed by atoms with van der Waals surface area (Å²) in [5.41, 5.74) is 1.09. The van der Waals surface area contributed by atoms with Crippen molar-refractivity contribution in [3.8, 4) is 11.5 Å². The average Bonchev–Trinajstić information content (AvgIpc) is 2.26. The summed E-state index contributed by atoms with van der Waals surface area (Å²) in [6.45, 7) is 10.2. The predicted molar refractivity (Wildman–Crippen MR) is 62.6 cm³/mol. The van der Waals surface area contributed by atoms with Crippen LogP contribution >= 0.6 is 0 Å². The molecule has 0 N–H and O–H groups in total. The van der Waals surface area contributed by atoms with Gasteiger partial charge in [0, 0.05) is 6.07 Å². The van der Waals surface area contributed by atoms with Crippen LogP contribution in [0.5, 0.6) is 11.5 Å². The van der Waals surface area contributed by atoms with Gasteiger partial charge in [0.15, 0.2) is 0 Å². The lowest BCUT2D eigenvalue weighted by molar-refractivity contribution is 0.343. The van der Waals surface area contributed by atoms with Crippen LogP contribution in [0, 0.1) is 6.92 Å². The number of hydrogen-bond acceptors (Lipinski definition) is 2. The first kappa shape index (κ1) is 11.4. The molecule has 1 rings (SSSR count). The molecule has 0 aliphatic heterocycles. The molecule has 0 radical (unpaired) electrons. The minimum Gasteiger partial charge on any atom is -0.489 e. The molecule has 0 amide bonds. The smallest absolute Gasteiger partial charge is 0.126 e. The van der Waals surface area contributed by atoms with E-state index in [0.717, 1.165) is 17.1 Å². The quantitative estimate of drug-likeness (QED) is 0.663. The number of ether oxygens (including phenoxy) is 2. The molecular weight excluding hydrogens is 188 g/mol. The second kappa shape index (κ2) is 5.91. The second-order valence-electron chi connectivity index (χ2n) is 3.13. The summed E-state index contributed by atoms with van der Waals surface area (Å²) in [6.07, 6.45) is 3.43. The Labute approximate surface area is 90.8 Å². The van der Waals surface area contributed by atoms with Crippen molar-refractivity contribution >= 4 is 0 Å². The Balaban J connectivity index is 2.74. The SMILES string of the molecule is C=CCOc1ccc(C)c(OCC=C)c1. The van der Waals surface area contributed by atoms with Gasteiger partial charge in [0.25, 0.3) is 0 Å². The van der Waals surface area contributed by atoms with E-state index in [1.54, 1.807) is 12.2 Å². The molecule has 0 aliphatic rings. The third-order valence-electron chi connectivity index (χ3n) is 1.88. The van der Waals surface area contributed by atoms with E-state index in [1.165, 1.54) is 0 Å². The molecule has 0 spiro atoms. The molecular formula is C13H16O2. The van der Waals surface area contributed by atoms with E-state index >= 15 is 0 Å². The molecule has 80 valence electrons. The molecule has 0 heterocycles. The third-order valence-corrected chi connectivity index (χ3v) is 1.88. The summed E-state index contributed by atoms with van der Waals surface area (Å²) < 4.78 is 10.9. The highest BCUT2D eigenvalue weighted by Gasteiger charge is 2.01. The summed E-state index contributed by atoms with van der Waals surface area (Å²) in [6, 6.07) is 5.76. The van der Waals surface area contributed by atoms with E-state index in [0.29, 0.717) is 13.2 Å². The van der Waals surface area contributed by atoms with Gasteiger partial charge in [-0.1, -0.05) is 31.4 Å². The largest absolute Gasteiger partial charge is 0.489 e. The van der Waals surface area contributed by atoms with E-state index in [9.17, 15) is 0 Å². The molecule has 2 nitrogen and oxygen atoms in total. The fourth-order valence-corrected chi connectivity index (χ4v) is 1.13. The summed E-state index contributed by atoms with van der Waals surface area (Å²) in [4.78, 5) is 0. The van der Waals surface area contributed by atoms with E-state index < -0.39 is 0 Å². The monoisotopic (exact) mass is 204 g/mol. The van der Waals surface area contributed by atoms with E-state index in [4.69, 9.17) is 9.47 Å². The zero-order valence-corrected chi connectivity index (χ0v) is 9.03. The zero-order valence-electron chi connectivity index (χ0n) is 9.03. The Morgan fingerprint density at radius 1 is 1.13 bits per heavy atom. The standard InChI is InChI=1S/C13H16O2/c1-4-8-14-12-7-6-11(3)13(10-12)15-9-5-2/h4-7,10H,1-2,8-9H2,3H3. The van der Waals surface area contributed by atoms with Crippen molar-refractivity contribution in [2.24, 2.45) is 0 Å². The van der Waals surface area contributed by atoms with Gasteiger partial charge in [0.2, 0.25) is 0 Å². The van der Waals surface area contributed by atoms with Gasteiger partial charge in [-0.25, -0.2) is 0 Å². The molecule has 1 aromatic rings. The van der Waals surface area contributed by atoms with Gasteiger partial charge in [0.05, 0.1) is 0 Å². The van der Waals surface area contributed by atoms with E-state index in [1.807, 2.05) is 25.1 Å². The molecule has 0 bridgehead atoms. The highest BCUT2D eigenvalue weighted by Crippen LogP contribution is 2.24. The van der Waals surface area contributed by atoms with Crippen molar-refractivity contribution in [3.05, 3.63) is 49.1 Å². The zero-order chi connectivity index (χ0) is 11.1. The lowest BCUT2D eigenvalue weighted by Gasteiger charge is -2.09. The molecule has 15 heavy (non-hydrogen) atoms. The molecule has 2 heteroatoms. The Morgan fingerprint density at radius 2 is 1.80 bits per heavy atom. The molecule has 0 saturated carbocycles. The van der Waals surface area contributed by atoms with Crippen molar-refractivity contribution in [1.82, 2.24) is 0 Å². The topological polar surface area (TPSA) is 18.5 Å². The maximum Gasteiger partial charge on any atom is 0.126 e. The Kier molecular flexibility index (Phi) is 4.48. The summed E-state index contributed by atoms with van der Waals surface area (Å²) in [5, 5.41) is 0. The van der Waals surface area contributed by atoms with Crippen LogP contribution in [0.25, 0.3) is 0 Å². The first-order valence-corrected chi connectivity index (χ1v) is 4.86. The molecule has 0 saturated heterocycles. The summed E-state index contributed by atoms with van der Waals surface area (Å²) in [7, 11) is 0. The maximum absolute atomic E-state index is 5.48. The number of rotatable bonds is 6. The van der Waals surface area contributed by atoms with E-state index in [-0.39, 0.29) is 0 Å². The second-order valence-corrected chi connectivity index (χ2v) is 3.13. The molecule has 0 unspecified atom stereocenters. The molecule has 0 fully saturated rings. The van der Waals surface area contributed by atoms with Crippen LogP contribution in [-0.4, -0.2) is 13.2 Å². The Hall–Kier alpha value is -1.70. The first-order valence-electron chi connectivity index (χ1n) is 4.86. The summed E-state index contributed by atoms with van der Waals surface area (Å²) in [5.74, 6) is 1.62. The van der Waals surface area contributed by atoms with Crippen LogP contribution in [0.15, 0.2) is 43.5 Å². The van der Waals surface area contributed by atoms with Crippen molar-refractivity contribution in [1.29, 1.82) is 0 Å². The van der Waals surface area contributed by atoms with Gasteiger partial charge in [-0.15, -0.1) is 0 Å². The van der Waals surface area contributed by atoms with Gasteiger partial charge in [-0.05, 0) is 18.6 Å². The van der Waals surface area contributed by atoms with Crippen LogP contribution in [0.3, 0.4) is 0 Å². The van der Waals surface area contributed by atoms with E-state index in [2.05, 4.69) is 13.2 Å². The highest BCUT2D eigenvalue weighted by molar-refractivity contribution is 5.40. The van der Waals surface area contributed by atoms with Crippen LogP contribution in [0.1, 0.15) is 5.56 Å². The van der Waals surface area contributed by atoms with Crippen molar-refractivity contribution in [2.45, 2.75) is 6.92 Å². The van der Waals surface area contributed by atoms with Crippen LogP contribution in [0.4, 0.5) is 0 Å². The normalized spacial score (nSPS) is 9.40. The van der Waals surface area contributed by atoms with Crippen molar-refractivity contribution in [3.63, 3.8) is 0 Å². The molecule has 0 atom stereocenters. The Morgan fingerprint density at radius 3 is 2.47 bits per heavy atom. The lowest BCUT2D eigenvalue weighted by Crippen LogP contribution is -1.97. The maximum atomic E-state index is 5.48. The predicted octanol–water partition coefficient (Wildman–Crippen LogP) is 3.12. The van der Waals surface area contributed by atoms with Gasteiger partial charge < -0.3 is 9.47 Å². The lowest BCUT2D eigenvalue weighted by atomic mass is 10.2. The Bertz CT molecular complexity index is 342. The van der Waals surface area contributed by atoms with Crippen molar-refractivity contribution < 1.29 is 9.47 Å². The number of aryl methyl sites for hydroxylation is 1. The fourth-order valence-electron chi connectivity index (χ4n) is 1.13. The third kappa shape index (κ3) is 3.50. The van der Waals surface area contributed by atoms with Crippen LogP contribution < -0.4 is 9.47 Å². The number of benzene rings is 1. The van der Waals surface area contributed by atoms with Gasteiger partial charge in [-0.3, -0.25) is 0 Å². The van der Waals surface area contributed by atoms with Gasteiger partial charge >= 0.3 is 0 Å². The van der Waals surface area contributed by atoms with Crippen molar-refractivity contribution in [2.75, 3.05) is 13.2 Å². The summed E-state index contributed by atoms with van der Waals surface area (Å²) >= 11 is 0. The van der Waals surface area contributed by atoms with Gasteiger partial charge in [-0.2, -0.15) is 0 Å². The van der Waals surface area contributed by atoms with Gasteiger partial charge in [0.1, 0.15) is 24.7 Å². The average molecular weight is 204 g/mol. The van der Waals surface area contributed by atoms with Crippen LogP contribution in [0.2, 0.25) is 0 Å². The van der Waals surface area contributed by atoms with Crippen LogP contribution in [-0.2, 0) is 0 Å². The first-order chi connectivity index (χ1) is 7.27. The fraction of sp³-hybridized carbons (Fsp3) is 0.231. The molecule has 1 aromatic carbocycles. The molecule has 0 aromatic heterocycles. The highest BCUT2D eigenvalue weighted by atomic mass is 16.5. The minimum absolute atomic E-state index is 0.504. The molecule has 0 aliphatic carbocycles. The minimum atomic E-state index is 0.504.